The van der Waals surface area contributed by atoms with Gasteiger partial charge in [-0.15, -0.1) is 0 Å². The van der Waals surface area contributed by atoms with Gasteiger partial charge in [-0.1, -0.05) is 96.4 Å². The molecule has 44 heavy (non-hydrogen) atoms. The van der Waals surface area contributed by atoms with Gasteiger partial charge in [-0.05, 0) is 74.2 Å². The Morgan fingerprint density at radius 2 is 1.55 bits per heavy atom. The van der Waals surface area contributed by atoms with Crippen LogP contribution in [0.3, 0.4) is 0 Å². The third-order valence-corrected chi connectivity index (χ3v) is 10.8. The van der Waals surface area contributed by atoms with Crippen LogP contribution in [-0.4, -0.2) is 43.8 Å². The predicted molar refractivity (Wildman–Crippen MR) is 178 cm³/mol. The molecule has 4 rings (SSSR count). The Balaban J connectivity index is 1.75. The fourth-order valence-electron chi connectivity index (χ4n) is 5.33. The predicted octanol–water partition coefficient (Wildman–Crippen LogP) is 8.06. The van der Waals surface area contributed by atoms with Crippen LogP contribution in [0.1, 0.15) is 56.6 Å². The molecule has 1 aliphatic carbocycles. The minimum Gasteiger partial charge on any atom is -0.352 e. The summed E-state index contributed by atoms with van der Waals surface area (Å²) in [7, 11) is -4.30. The molecule has 1 saturated carbocycles. The van der Waals surface area contributed by atoms with Gasteiger partial charge in [0.1, 0.15) is 12.6 Å². The summed E-state index contributed by atoms with van der Waals surface area (Å²) >= 11 is 25.2. The van der Waals surface area contributed by atoms with E-state index in [0.29, 0.717) is 22.0 Å². The van der Waals surface area contributed by atoms with Crippen LogP contribution < -0.4 is 9.62 Å². The molecule has 0 radical (unpaired) electrons. The third kappa shape index (κ3) is 8.40. The first-order valence-electron chi connectivity index (χ1n) is 14.5. The Kier molecular flexibility index (Phi) is 11.9. The molecule has 1 unspecified atom stereocenters. The largest absolute Gasteiger partial charge is 0.352 e. The van der Waals surface area contributed by atoms with Gasteiger partial charge in [0.05, 0.1) is 25.7 Å². The summed E-state index contributed by atoms with van der Waals surface area (Å²) in [5.41, 5.74) is 1.54. The monoisotopic (exact) mass is 697 g/mol. The molecule has 3 aromatic rings. The van der Waals surface area contributed by atoms with E-state index in [0.717, 1.165) is 42.0 Å². The maximum atomic E-state index is 14.3. The molecule has 1 atom stereocenters. The first-order valence-corrected chi connectivity index (χ1v) is 17.4. The van der Waals surface area contributed by atoms with Crippen molar-refractivity contribution in [2.45, 2.75) is 75.9 Å². The molecule has 1 aliphatic rings. The van der Waals surface area contributed by atoms with E-state index in [9.17, 15) is 18.0 Å². The molecule has 0 heterocycles. The Morgan fingerprint density at radius 3 is 2.18 bits per heavy atom. The number of halogens is 4. The molecule has 0 saturated heterocycles. The normalized spacial score (nSPS) is 14.6. The number of carbonyl (C=O) groups is 2. The van der Waals surface area contributed by atoms with E-state index in [2.05, 4.69) is 5.32 Å². The second-order valence-corrected chi connectivity index (χ2v) is 14.5. The molecule has 0 aliphatic heterocycles. The lowest BCUT2D eigenvalue weighted by Crippen LogP contribution is -2.54. The van der Waals surface area contributed by atoms with E-state index in [-0.39, 0.29) is 39.1 Å². The summed E-state index contributed by atoms with van der Waals surface area (Å²) in [6.07, 6.45) is 5.23. The number of rotatable bonds is 11. The maximum absolute atomic E-state index is 14.3. The molecule has 0 aromatic heterocycles. The summed E-state index contributed by atoms with van der Waals surface area (Å²) in [6, 6.07) is 14.8. The molecular formula is C32H35Cl4N3O4S. The van der Waals surface area contributed by atoms with E-state index in [4.69, 9.17) is 46.4 Å². The summed E-state index contributed by atoms with van der Waals surface area (Å²) in [5, 5.41) is 4.11. The number of nitrogens with zero attached hydrogens (tertiary/aromatic N) is 2. The van der Waals surface area contributed by atoms with Crippen molar-refractivity contribution in [2.75, 3.05) is 10.8 Å². The summed E-state index contributed by atoms with van der Waals surface area (Å²) in [5.74, 6) is -0.894. The van der Waals surface area contributed by atoms with Crippen molar-refractivity contribution in [2.24, 2.45) is 0 Å². The van der Waals surface area contributed by atoms with Gasteiger partial charge in [-0.3, -0.25) is 13.9 Å². The molecule has 236 valence electrons. The lowest BCUT2D eigenvalue weighted by molar-refractivity contribution is -0.140. The fourth-order valence-corrected chi connectivity index (χ4v) is 7.51. The zero-order valence-electron chi connectivity index (χ0n) is 24.5. The van der Waals surface area contributed by atoms with Gasteiger partial charge in [0.15, 0.2) is 0 Å². The summed E-state index contributed by atoms with van der Waals surface area (Å²) in [4.78, 5) is 29.4. The second kappa shape index (κ2) is 15.2. The number of amides is 2. The number of sulfonamides is 1. The Bertz CT molecular complexity index is 1600. The number of benzene rings is 3. The van der Waals surface area contributed by atoms with Gasteiger partial charge in [-0.25, -0.2) is 8.42 Å². The van der Waals surface area contributed by atoms with Crippen molar-refractivity contribution >= 4 is 73.9 Å². The van der Waals surface area contributed by atoms with E-state index in [1.54, 1.807) is 30.3 Å². The fraction of sp³-hybridized carbons (Fsp3) is 0.375. The van der Waals surface area contributed by atoms with E-state index in [1.165, 1.54) is 35.2 Å². The molecule has 7 nitrogen and oxygen atoms in total. The van der Waals surface area contributed by atoms with Gasteiger partial charge in [0.2, 0.25) is 11.8 Å². The van der Waals surface area contributed by atoms with Crippen LogP contribution in [0.4, 0.5) is 5.69 Å². The Labute approximate surface area is 279 Å². The van der Waals surface area contributed by atoms with Crippen molar-refractivity contribution in [1.29, 1.82) is 0 Å². The average Bonchev–Trinajstić information content (AvgIpc) is 2.99. The van der Waals surface area contributed by atoms with Gasteiger partial charge < -0.3 is 10.2 Å². The number of anilines is 1. The summed E-state index contributed by atoms with van der Waals surface area (Å²) in [6.45, 7) is 3.02. The minimum atomic E-state index is -4.30. The smallest absolute Gasteiger partial charge is 0.264 e. The van der Waals surface area contributed by atoms with Crippen molar-refractivity contribution in [3.63, 3.8) is 0 Å². The van der Waals surface area contributed by atoms with Crippen LogP contribution >= 0.6 is 46.4 Å². The molecule has 0 spiro atoms. The molecule has 12 heteroatoms. The summed E-state index contributed by atoms with van der Waals surface area (Å²) < 4.78 is 29.1. The van der Waals surface area contributed by atoms with Gasteiger partial charge >= 0.3 is 0 Å². The van der Waals surface area contributed by atoms with Crippen LogP contribution in [0.2, 0.25) is 20.1 Å². The number of nitrogens with one attached hydrogen (secondary N) is 1. The van der Waals surface area contributed by atoms with Crippen LogP contribution in [0.5, 0.6) is 0 Å². The van der Waals surface area contributed by atoms with Crippen molar-refractivity contribution < 1.29 is 18.0 Å². The van der Waals surface area contributed by atoms with Crippen molar-refractivity contribution in [1.82, 2.24) is 10.2 Å². The van der Waals surface area contributed by atoms with Gasteiger partial charge in [0.25, 0.3) is 10.0 Å². The number of hydrogen-bond donors (Lipinski definition) is 1. The SMILES string of the molecule is CCC(C(=O)NC1CCCCC1)N(Cc1ccc(Cl)c(Cl)c1)C(=O)CN(c1cc(Cl)ccc1Cl)S(=O)(=O)c1ccc(C)cc1. The first kappa shape index (κ1) is 34.4. The maximum Gasteiger partial charge on any atom is 0.264 e. The minimum absolute atomic E-state index is 0.00594. The standard InChI is InChI=1S/C32H35Cl4N3O4S/c1-3-29(32(41)37-24-7-5-4-6-8-24)38(19-22-11-15-26(34)28(36)17-22)31(40)20-39(30-18-23(33)12-16-27(30)35)44(42,43)25-13-9-21(2)10-14-25/h9-18,24,29H,3-8,19-20H2,1-2H3,(H,37,41). The van der Waals surface area contributed by atoms with Gasteiger partial charge in [0, 0.05) is 17.6 Å². The van der Waals surface area contributed by atoms with E-state index >= 15 is 0 Å². The topological polar surface area (TPSA) is 86.8 Å². The van der Waals surface area contributed by atoms with E-state index < -0.39 is 28.5 Å². The molecule has 3 aromatic carbocycles. The van der Waals surface area contributed by atoms with Crippen LogP contribution in [0.25, 0.3) is 0 Å². The van der Waals surface area contributed by atoms with E-state index in [1.807, 2.05) is 13.8 Å². The number of carbonyl (C=O) groups excluding carboxylic acids is 2. The Morgan fingerprint density at radius 1 is 0.886 bits per heavy atom. The van der Waals surface area contributed by atoms with Crippen LogP contribution in [-0.2, 0) is 26.2 Å². The molecule has 1 N–H and O–H groups in total. The Hall–Kier alpha value is -2.49. The molecule has 0 bridgehead atoms. The highest BCUT2D eigenvalue weighted by Gasteiger charge is 2.35. The van der Waals surface area contributed by atoms with Crippen LogP contribution in [0, 0.1) is 6.92 Å². The lowest BCUT2D eigenvalue weighted by Gasteiger charge is -2.34. The highest BCUT2D eigenvalue weighted by Crippen LogP contribution is 2.34. The van der Waals surface area contributed by atoms with Gasteiger partial charge in [-0.2, -0.15) is 0 Å². The number of hydrogen-bond acceptors (Lipinski definition) is 4. The highest BCUT2D eigenvalue weighted by molar-refractivity contribution is 7.92. The van der Waals surface area contributed by atoms with Crippen molar-refractivity contribution in [3.8, 4) is 0 Å². The zero-order valence-corrected chi connectivity index (χ0v) is 28.4. The van der Waals surface area contributed by atoms with Crippen LogP contribution in [0.15, 0.2) is 65.6 Å². The zero-order chi connectivity index (χ0) is 32.0. The number of aryl methyl sites for hydroxylation is 1. The molecule has 2 amide bonds. The average molecular weight is 700 g/mol. The third-order valence-electron chi connectivity index (χ3n) is 7.74. The van der Waals surface area contributed by atoms with Crippen molar-refractivity contribution in [3.05, 3.63) is 91.9 Å². The first-order chi connectivity index (χ1) is 20.9. The highest BCUT2D eigenvalue weighted by atomic mass is 35.5. The lowest BCUT2D eigenvalue weighted by atomic mass is 9.95. The molecule has 1 fully saturated rings. The quantitative estimate of drug-likeness (QED) is 0.220. The molecular weight excluding hydrogens is 664 g/mol. The second-order valence-electron chi connectivity index (χ2n) is 11.0.